The van der Waals surface area contributed by atoms with Crippen LogP contribution in [-0.4, -0.2) is 55.6 Å². The number of aromatic nitrogens is 3. The molecule has 2 aromatic heterocycles. The maximum atomic E-state index is 6.05. The summed E-state index contributed by atoms with van der Waals surface area (Å²) in [6.07, 6.45) is 1.75. The maximum Gasteiger partial charge on any atom is 0.224 e. The van der Waals surface area contributed by atoms with Crippen molar-refractivity contribution >= 4 is 28.5 Å². The van der Waals surface area contributed by atoms with Gasteiger partial charge in [-0.15, -0.1) is 0 Å². The molecule has 5 N–H and O–H groups in total. The van der Waals surface area contributed by atoms with E-state index in [1.54, 1.807) is 20.4 Å². The molecule has 1 aromatic carbocycles. The largest absolute Gasteiger partial charge is 0.491 e. The molecule has 0 aliphatic carbocycles. The number of hydrogen-bond acceptors (Lipinski definition) is 10. The number of rotatable bonds is 11. The molecule has 0 saturated carbocycles. The Morgan fingerprint density at radius 3 is 2.45 bits per heavy atom. The molecule has 0 bridgehead atoms. The van der Waals surface area contributed by atoms with Gasteiger partial charge in [-0.25, -0.2) is 4.98 Å². The van der Waals surface area contributed by atoms with Crippen LogP contribution in [-0.2, 0) is 16.0 Å². The summed E-state index contributed by atoms with van der Waals surface area (Å²) in [7, 11) is 3.27. The van der Waals surface area contributed by atoms with Crippen molar-refractivity contribution in [2.75, 3.05) is 57.4 Å². The lowest BCUT2D eigenvalue weighted by Gasteiger charge is -2.16. The number of nitrogens with two attached hydrogens (primary N) is 2. The van der Waals surface area contributed by atoms with Crippen LogP contribution in [0.5, 0.6) is 11.5 Å². The second-order valence-electron chi connectivity index (χ2n) is 6.77. The van der Waals surface area contributed by atoms with Crippen LogP contribution in [0.3, 0.4) is 0 Å². The molecule has 0 spiro atoms. The third kappa shape index (κ3) is 5.62. The molecule has 0 atom stereocenters. The van der Waals surface area contributed by atoms with Crippen LogP contribution in [0.1, 0.15) is 11.1 Å². The van der Waals surface area contributed by atoms with Crippen molar-refractivity contribution in [2.45, 2.75) is 13.5 Å². The fourth-order valence-corrected chi connectivity index (χ4v) is 3.04. The Kier molecular flexibility index (Phi) is 7.63. The van der Waals surface area contributed by atoms with Crippen LogP contribution in [0.2, 0.25) is 0 Å². The third-order valence-corrected chi connectivity index (χ3v) is 4.66. The Labute approximate surface area is 180 Å². The molecule has 3 rings (SSSR count). The van der Waals surface area contributed by atoms with Gasteiger partial charge in [0.1, 0.15) is 30.5 Å². The lowest BCUT2D eigenvalue weighted by atomic mass is 10.1. The number of nitrogen functional groups attached to an aromatic ring is 2. The summed E-state index contributed by atoms with van der Waals surface area (Å²) in [5.41, 5.74) is 14.9. The van der Waals surface area contributed by atoms with Gasteiger partial charge in [0, 0.05) is 33.0 Å². The van der Waals surface area contributed by atoms with Gasteiger partial charge in [0.15, 0.2) is 5.65 Å². The van der Waals surface area contributed by atoms with Crippen molar-refractivity contribution in [3.8, 4) is 11.5 Å². The van der Waals surface area contributed by atoms with Gasteiger partial charge in [-0.2, -0.15) is 9.97 Å². The Morgan fingerprint density at radius 2 is 1.71 bits per heavy atom. The summed E-state index contributed by atoms with van der Waals surface area (Å²) in [5.74, 6) is 1.82. The molecule has 2 heterocycles. The number of nitrogens with zero attached hydrogens (tertiary/aromatic N) is 3. The summed E-state index contributed by atoms with van der Waals surface area (Å²) in [5, 5.41) is 4.10. The first kappa shape index (κ1) is 22.3. The predicted octanol–water partition coefficient (Wildman–Crippen LogP) is 2.16. The molecule has 3 aromatic rings. The van der Waals surface area contributed by atoms with E-state index in [0.717, 1.165) is 16.8 Å². The van der Waals surface area contributed by atoms with Crippen molar-refractivity contribution in [1.29, 1.82) is 0 Å². The van der Waals surface area contributed by atoms with Gasteiger partial charge in [-0.05, 0) is 30.2 Å². The van der Waals surface area contributed by atoms with Crippen LogP contribution < -0.4 is 26.3 Å². The van der Waals surface area contributed by atoms with Gasteiger partial charge in [0.2, 0.25) is 5.95 Å². The summed E-state index contributed by atoms with van der Waals surface area (Å²) >= 11 is 0. The molecule has 10 heteroatoms. The molecule has 0 saturated heterocycles. The minimum atomic E-state index is 0.103. The van der Waals surface area contributed by atoms with Gasteiger partial charge in [0.05, 0.1) is 24.3 Å². The second kappa shape index (κ2) is 10.6. The monoisotopic (exact) mass is 428 g/mol. The van der Waals surface area contributed by atoms with E-state index >= 15 is 0 Å². The molecular weight excluding hydrogens is 400 g/mol. The summed E-state index contributed by atoms with van der Waals surface area (Å²) < 4.78 is 21.7. The Balaban J connectivity index is 1.82. The van der Waals surface area contributed by atoms with Gasteiger partial charge in [-0.3, -0.25) is 0 Å². The molecule has 31 heavy (non-hydrogen) atoms. The van der Waals surface area contributed by atoms with Crippen molar-refractivity contribution in [2.24, 2.45) is 0 Å². The predicted molar refractivity (Wildman–Crippen MR) is 119 cm³/mol. The number of methoxy groups -OCH3 is 2. The first-order valence-electron chi connectivity index (χ1n) is 9.82. The molecular formula is C21H28N6O4. The molecule has 166 valence electrons. The van der Waals surface area contributed by atoms with Crippen molar-refractivity contribution in [3.05, 3.63) is 35.5 Å². The Bertz CT molecular complexity index is 1030. The number of aryl methyl sites for hydroxylation is 1. The topological polar surface area (TPSA) is 140 Å². The summed E-state index contributed by atoms with van der Waals surface area (Å²) in [6, 6.07) is 5.61. The third-order valence-electron chi connectivity index (χ3n) is 4.66. The number of pyridine rings is 1. The average molecular weight is 428 g/mol. The van der Waals surface area contributed by atoms with E-state index in [1.165, 1.54) is 0 Å². The number of anilines is 3. The van der Waals surface area contributed by atoms with E-state index in [2.05, 4.69) is 20.3 Å². The minimum Gasteiger partial charge on any atom is -0.491 e. The highest BCUT2D eigenvalue weighted by Gasteiger charge is 2.13. The van der Waals surface area contributed by atoms with Crippen molar-refractivity contribution < 1.29 is 18.9 Å². The normalized spacial score (nSPS) is 10.9. The van der Waals surface area contributed by atoms with Crippen molar-refractivity contribution in [1.82, 2.24) is 15.0 Å². The molecule has 0 radical (unpaired) electrons. The van der Waals surface area contributed by atoms with E-state index in [-0.39, 0.29) is 5.95 Å². The minimum absolute atomic E-state index is 0.103. The number of ether oxygens (including phenoxy) is 4. The molecule has 0 unspecified atom stereocenters. The molecule has 0 fully saturated rings. The van der Waals surface area contributed by atoms with Gasteiger partial charge in [0.25, 0.3) is 0 Å². The number of fused-ring (bicyclic) bond motifs is 1. The molecule has 10 nitrogen and oxygen atoms in total. The van der Waals surface area contributed by atoms with E-state index < -0.39 is 0 Å². The Morgan fingerprint density at radius 1 is 0.968 bits per heavy atom. The standard InChI is InChI=1S/C21H28N6O4/c1-13-14(12-25-20-18(13)19(22)26-21(23)27-20)11-24-16-10-15(30-8-6-28-2)4-5-17(16)31-9-7-29-3/h4-5,10,12,24H,6-9,11H2,1-3H3,(H4,22,23,25,26,27). The number of hydrogen-bond donors (Lipinski definition) is 3. The first-order chi connectivity index (χ1) is 15.0. The molecule has 0 aliphatic heterocycles. The van der Waals surface area contributed by atoms with Crippen LogP contribution >= 0.6 is 0 Å². The van der Waals surface area contributed by atoms with E-state index in [4.69, 9.17) is 30.4 Å². The van der Waals surface area contributed by atoms with E-state index in [0.29, 0.717) is 61.3 Å². The number of nitrogens with one attached hydrogen (secondary N) is 1. The van der Waals surface area contributed by atoms with Crippen LogP contribution in [0, 0.1) is 6.92 Å². The molecule has 0 amide bonds. The summed E-state index contributed by atoms with van der Waals surface area (Å²) in [6.45, 7) is 4.32. The quantitative estimate of drug-likeness (QED) is 0.389. The smallest absolute Gasteiger partial charge is 0.224 e. The average Bonchev–Trinajstić information content (AvgIpc) is 2.74. The maximum absolute atomic E-state index is 6.05. The van der Waals surface area contributed by atoms with Gasteiger partial charge < -0.3 is 35.7 Å². The van der Waals surface area contributed by atoms with E-state index in [1.807, 2.05) is 25.1 Å². The van der Waals surface area contributed by atoms with Crippen LogP contribution in [0.25, 0.3) is 11.0 Å². The van der Waals surface area contributed by atoms with Gasteiger partial charge in [-0.1, -0.05) is 0 Å². The summed E-state index contributed by atoms with van der Waals surface area (Å²) in [4.78, 5) is 12.6. The SMILES string of the molecule is COCCOc1ccc(OCCOC)c(NCc2cnc3nc(N)nc(N)c3c2C)c1. The van der Waals surface area contributed by atoms with Crippen LogP contribution in [0.4, 0.5) is 17.5 Å². The second-order valence-corrected chi connectivity index (χ2v) is 6.77. The van der Waals surface area contributed by atoms with Crippen LogP contribution in [0.15, 0.2) is 24.4 Å². The van der Waals surface area contributed by atoms with Crippen molar-refractivity contribution in [3.63, 3.8) is 0 Å². The van der Waals surface area contributed by atoms with Gasteiger partial charge >= 0.3 is 0 Å². The fourth-order valence-electron chi connectivity index (χ4n) is 3.04. The number of benzene rings is 1. The fraction of sp³-hybridized carbons (Fsp3) is 0.381. The highest BCUT2D eigenvalue weighted by Crippen LogP contribution is 2.31. The first-order valence-corrected chi connectivity index (χ1v) is 9.82. The Hall–Kier alpha value is -3.37. The zero-order valence-corrected chi connectivity index (χ0v) is 18.0. The zero-order valence-electron chi connectivity index (χ0n) is 18.0. The lowest BCUT2D eigenvalue weighted by molar-refractivity contribution is 0.144. The highest BCUT2D eigenvalue weighted by atomic mass is 16.5. The zero-order chi connectivity index (χ0) is 22.2. The molecule has 0 aliphatic rings. The van der Waals surface area contributed by atoms with E-state index in [9.17, 15) is 0 Å². The lowest BCUT2D eigenvalue weighted by Crippen LogP contribution is -2.10. The highest BCUT2D eigenvalue weighted by molar-refractivity contribution is 5.90.